The highest BCUT2D eigenvalue weighted by molar-refractivity contribution is 9.10. The Balaban J connectivity index is 1.55. The number of hydrogen-bond acceptors (Lipinski definition) is 3. The molecule has 3 rings (SSSR count). The Morgan fingerprint density at radius 2 is 1.69 bits per heavy atom. The molecule has 0 saturated carbocycles. The zero-order valence-electron chi connectivity index (χ0n) is 14.1. The third kappa shape index (κ3) is 4.21. The number of fused-ring (bicyclic) bond motifs is 1. The number of halogens is 1. The van der Waals surface area contributed by atoms with E-state index in [-0.39, 0.29) is 12.5 Å². The van der Waals surface area contributed by atoms with E-state index in [9.17, 15) is 9.59 Å². The van der Waals surface area contributed by atoms with Crippen molar-refractivity contribution in [1.29, 1.82) is 0 Å². The first kappa shape index (κ1) is 17.9. The Morgan fingerprint density at radius 1 is 0.962 bits per heavy atom. The molecule has 0 saturated heterocycles. The predicted molar refractivity (Wildman–Crippen MR) is 104 cm³/mol. The zero-order chi connectivity index (χ0) is 18.5. The average Bonchev–Trinajstić information content (AvgIpc) is 2.66. The highest BCUT2D eigenvalue weighted by Gasteiger charge is 2.10. The first-order chi connectivity index (χ1) is 12.5. The second-order valence-corrected chi connectivity index (χ2v) is 6.55. The van der Waals surface area contributed by atoms with Crippen LogP contribution in [0.1, 0.15) is 15.9 Å². The molecule has 26 heavy (non-hydrogen) atoms. The van der Waals surface area contributed by atoms with E-state index in [4.69, 9.17) is 4.74 Å². The molecule has 0 aliphatic rings. The number of aryl methyl sites for hydroxylation is 1. The highest BCUT2D eigenvalue weighted by atomic mass is 79.9. The van der Waals surface area contributed by atoms with Crippen molar-refractivity contribution in [2.24, 2.45) is 0 Å². The third-order valence-corrected chi connectivity index (χ3v) is 4.63. The molecule has 3 aromatic carbocycles. The van der Waals surface area contributed by atoms with E-state index < -0.39 is 5.91 Å². The van der Waals surface area contributed by atoms with E-state index in [1.54, 1.807) is 18.2 Å². The van der Waals surface area contributed by atoms with Crippen molar-refractivity contribution in [3.05, 3.63) is 76.3 Å². The number of carbonyl (C=O) groups excluding carboxylic acids is 2. The van der Waals surface area contributed by atoms with Gasteiger partial charge in [-0.2, -0.15) is 0 Å². The fourth-order valence-electron chi connectivity index (χ4n) is 2.41. The van der Waals surface area contributed by atoms with Gasteiger partial charge in [0, 0.05) is 5.56 Å². The van der Waals surface area contributed by atoms with Crippen LogP contribution in [0.25, 0.3) is 10.8 Å². The van der Waals surface area contributed by atoms with Crippen LogP contribution in [0, 0.1) is 6.92 Å². The Labute approximate surface area is 159 Å². The number of hydrazine groups is 1. The molecule has 2 amide bonds. The Hall–Kier alpha value is -2.86. The molecular weight excluding hydrogens is 396 g/mol. The molecule has 0 aromatic heterocycles. The maximum atomic E-state index is 12.0. The number of rotatable bonds is 4. The first-order valence-electron chi connectivity index (χ1n) is 8.00. The van der Waals surface area contributed by atoms with Crippen LogP contribution in [0.2, 0.25) is 0 Å². The first-order valence-corrected chi connectivity index (χ1v) is 8.80. The maximum Gasteiger partial charge on any atom is 0.276 e. The molecule has 132 valence electrons. The van der Waals surface area contributed by atoms with Gasteiger partial charge in [-0.15, -0.1) is 0 Å². The molecule has 2 N–H and O–H groups in total. The molecule has 0 aliphatic carbocycles. The fourth-order valence-corrected chi connectivity index (χ4v) is 3.02. The zero-order valence-corrected chi connectivity index (χ0v) is 15.7. The normalized spacial score (nSPS) is 10.4. The quantitative estimate of drug-likeness (QED) is 0.641. The molecule has 6 heteroatoms. The van der Waals surface area contributed by atoms with Crippen molar-refractivity contribution < 1.29 is 14.3 Å². The highest BCUT2D eigenvalue weighted by Crippen LogP contribution is 2.32. The van der Waals surface area contributed by atoms with Crippen molar-refractivity contribution in [2.45, 2.75) is 6.92 Å². The largest absolute Gasteiger partial charge is 0.483 e. The van der Waals surface area contributed by atoms with Gasteiger partial charge >= 0.3 is 0 Å². The molecule has 0 fully saturated rings. The van der Waals surface area contributed by atoms with Crippen LogP contribution in [0.5, 0.6) is 5.75 Å². The summed E-state index contributed by atoms with van der Waals surface area (Å²) in [5.74, 6) is -0.278. The van der Waals surface area contributed by atoms with E-state index in [0.29, 0.717) is 11.3 Å². The molecule has 0 atom stereocenters. The maximum absolute atomic E-state index is 12.0. The summed E-state index contributed by atoms with van der Waals surface area (Å²) in [6.07, 6.45) is 0. The smallest absolute Gasteiger partial charge is 0.276 e. The third-order valence-electron chi connectivity index (χ3n) is 3.82. The SMILES string of the molecule is Cc1ccc(C(=O)NNC(=O)COc2ccc3ccccc3c2Br)cc1. The van der Waals surface area contributed by atoms with Gasteiger partial charge in [-0.1, -0.05) is 48.0 Å². The lowest BCUT2D eigenvalue weighted by atomic mass is 10.1. The monoisotopic (exact) mass is 412 g/mol. The van der Waals surface area contributed by atoms with Crippen molar-refractivity contribution >= 4 is 38.5 Å². The van der Waals surface area contributed by atoms with Gasteiger partial charge in [0.1, 0.15) is 5.75 Å². The van der Waals surface area contributed by atoms with Gasteiger partial charge in [-0.05, 0) is 51.8 Å². The van der Waals surface area contributed by atoms with Crippen LogP contribution in [-0.2, 0) is 4.79 Å². The van der Waals surface area contributed by atoms with Gasteiger partial charge in [0.15, 0.2) is 6.61 Å². The number of benzene rings is 3. The molecule has 0 spiro atoms. The summed E-state index contributed by atoms with van der Waals surface area (Å²) in [6, 6.07) is 18.6. The molecule has 5 nitrogen and oxygen atoms in total. The second-order valence-electron chi connectivity index (χ2n) is 5.76. The van der Waals surface area contributed by atoms with Crippen LogP contribution in [-0.4, -0.2) is 18.4 Å². The number of nitrogens with one attached hydrogen (secondary N) is 2. The number of carbonyl (C=O) groups is 2. The minimum absolute atomic E-state index is 0.217. The molecule has 0 aliphatic heterocycles. The van der Waals surface area contributed by atoms with E-state index in [1.165, 1.54) is 0 Å². The average molecular weight is 413 g/mol. The lowest BCUT2D eigenvalue weighted by Crippen LogP contribution is -2.43. The lowest BCUT2D eigenvalue weighted by molar-refractivity contribution is -0.123. The van der Waals surface area contributed by atoms with Gasteiger partial charge in [0.2, 0.25) is 0 Å². The summed E-state index contributed by atoms with van der Waals surface area (Å²) in [7, 11) is 0. The standard InChI is InChI=1S/C20H17BrN2O3/c1-13-6-8-15(9-7-13)20(25)23-22-18(24)12-26-17-11-10-14-4-2-3-5-16(14)19(17)21/h2-11H,12H2,1H3,(H,22,24)(H,23,25). The predicted octanol–water partition coefficient (Wildman–Crippen LogP) is 3.75. The fraction of sp³-hybridized carbons (Fsp3) is 0.100. The molecular formula is C20H17BrN2O3. The Morgan fingerprint density at radius 3 is 2.46 bits per heavy atom. The summed E-state index contributed by atoms with van der Waals surface area (Å²) in [5, 5.41) is 2.07. The molecule has 0 radical (unpaired) electrons. The van der Waals surface area contributed by atoms with Crippen LogP contribution >= 0.6 is 15.9 Å². The summed E-state index contributed by atoms with van der Waals surface area (Å²) in [5.41, 5.74) is 6.23. The minimum Gasteiger partial charge on any atom is -0.483 e. The van der Waals surface area contributed by atoms with Crippen LogP contribution in [0.4, 0.5) is 0 Å². The lowest BCUT2D eigenvalue weighted by Gasteiger charge is -2.11. The van der Waals surface area contributed by atoms with E-state index in [1.807, 2.05) is 49.4 Å². The summed E-state index contributed by atoms with van der Waals surface area (Å²) in [4.78, 5) is 23.9. The molecule has 0 unspecified atom stereocenters. The number of ether oxygens (including phenoxy) is 1. The van der Waals surface area contributed by atoms with Crippen LogP contribution in [0.3, 0.4) is 0 Å². The van der Waals surface area contributed by atoms with Crippen LogP contribution in [0.15, 0.2) is 65.1 Å². The van der Waals surface area contributed by atoms with Crippen molar-refractivity contribution in [3.63, 3.8) is 0 Å². The summed E-state index contributed by atoms with van der Waals surface area (Å²) >= 11 is 3.50. The van der Waals surface area contributed by atoms with Gasteiger partial charge < -0.3 is 4.74 Å². The van der Waals surface area contributed by atoms with Gasteiger partial charge in [0.25, 0.3) is 11.8 Å². The van der Waals surface area contributed by atoms with E-state index in [0.717, 1.165) is 20.8 Å². The number of amides is 2. The van der Waals surface area contributed by atoms with Crippen molar-refractivity contribution in [2.75, 3.05) is 6.61 Å². The second kappa shape index (κ2) is 8.01. The topological polar surface area (TPSA) is 67.4 Å². The molecule has 0 heterocycles. The van der Waals surface area contributed by atoms with Crippen molar-refractivity contribution in [1.82, 2.24) is 10.9 Å². The van der Waals surface area contributed by atoms with E-state index in [2.05, 4.69) is 26.8 Å². The summed E-state index contributed by atoms with van der Waals surface area (Å²) < 4.78 is 6.33. The van der Waals surface area contributed by atoms with Gasteiger partial charge in [-0.3, -0.25) is 20.4 Å². The Kier molecular flexibility index (Phi) is 5.53. The minimum atomic E-state index is -0.453. The Bertz CT molecular complexity index is 955. The summed E-state index contributed by atoms with van der Waals surface area (Å²) in [6.45, 7) is 1.72. The van der Waals surface area contributed by atoms with Crippen LogP contribution < -0.4 is 15.6 Å². The molecule has 3 aromatic rings. The number of hydrogen-bond donors (Lipinski definition) is 2. The van der Waals surface area contributed by atoms with E-state index >= 15 is 0 Å². The van der Waals surface area contributed by atoms with Gasteiger partial charge in [-0.25, -0.2) is 0 Å². The van der Waals surface area contributed by atoms with Crippen molar-refractivity contribution in [3.8, 4) is 5.75 Å². The molecule has 0 bridgehead atoms. The van der Waals surface area contributed by atoms with Gasteiger partial charge in [0.05, 0.1) is 4.47 Å².